The molecule has 0 fully saturated rings. The lowest BCUT2D eigenvalue weighted by molar-refractivity contribution is -0.137. The van der Waals surface area contributed by atoms with Crippen LogP contribution in [0.2, 0.25) is 0 Å². The van der Waals surface area contributed by atoms with E-state index in [1.807, 2.05) is 19.1 Å². The van der Waals surface area contributed by atoms with E-state index >= 15 is 0 Å². The highest BCUT2D eigenvalue weighted by molar-refractivity contribution is 6.03. The third-order valence-corrected chi connectivity index (χ3v) is 4.39. The lowest BCUT2D eigenvalue weighted by Gasteiger charge is -2.14. The standard InChI is InChI=1S/C21H18F3N3O2/c1-3-14-7-4-5-10-17(14)25-20(29)19-18(28)11-13(2)27(26-19)16-9-6-8-15(12-16)21(22,23)24/h4-12H,3H2,1-2H3,(H,25,29). The molecular formula is C21H18F3N3O2. The van der Waals surface area contributed by atoms with E-state index in [0.717, 1.165) is 22.4 Å². The molecule has 1 heterocycles. The predicted molar refractivity (Wildman–Crippen MR) is 103 cm³/mol. The van der Waals surface area contributed by atoms with Crippen LogP contribution in [0.3, 0.4) is 0 Å². The highest BCUT2D eigenvalue weighted by Gasteiger charge is 2.30. The van der Waals surface area contributed by atoms with Crippen molar-refractivity contribution >= 4 is 11.6 Å². The van der Waals surface area contributed by atoms with Gasteiger partial charge in [-0.05, 0) is 43.2 Å². The first-order chi connectivity index (χ1) is 13.7. The molecule has 1 aromatic heterocycles. The van der Waals surface area contributed by atoms with Gasteiger partial charge in [0.2, 0.25) is 5.43 Å². The lowest BCUT2D eigenvalue weighted by Crippen LogP contribution is -2.27. The van der Waals surface area contributed by atoms with E-state index in [9.17, 15) is 22.8 Å². The summed E-state index contributed by atoms with van der Waals surface area (Å²) < 4.78 is 40.2. The summed E-state index contributed by atoms with van der Waals surface area (Å²) in [7, 11) is 0. The number of aryl methyl sites for hydroxylation is 2. The third kappa shape index (κ3) is 4.37. The van der Waals surface area contributed by atoms with Crippen molar-refractivity contribution in [1.29, 1.82) is 0 Å². The van der Waals surface area contributed by atoms with Crippen LogP contribution in [0.15, 0.2) is 59.4 Å². The average molecular weight is 401 g/mol. The van der Waals surface area contributed by atoms with Crippen LogP contribution in [0.5, 0.6) is 0 Å². The van der Waals surface area contributed by atoms with Gasteiger partial charge in [0.1, 0.15) is 0 Å². The molecule has 0 aliphatic carbocycles. The minimum atomic E-state index is -4.52. The molecule has 3 aromatic rings. The molecule has 1 amide bonds. The van der Waals surface area contributed by atoms with Crippen LogP contribution < -0.4 is 10.7 Å². The minimum absolute atomic E-state index is 0.0975. The van der Waals surface area contributed by atoms with Gasteiger partial charge in [-0.25, -0.2) is 4.68 Å². The lowest BCUT2D eigenvalue weighted by atomic mass is 10.1. The molecule has 0 radical (unpaired) electrons. The van der Waals surface area contributed by atoms with E-state index in [2.05, 4.69) is 10.4 Å². The molecule has 0 aliphatic rings. The molecule has 0 aliphatic heterocycles. The molecule has 0 saturated carbocycles. The van der Waals surface area contributed by atoms with Gasteiger partial charge in [-0.2, -0.15) is 18.3 Å². The SMILES string of the molecule is CCc1ccccc1NC(=O)c1nn(-c2cccc(C(F)(F)F)c2)c(C)cc1=O. The second-order valence-electron chi connectivity index (χ2n) is 6.42. The Bertz CT molecular complexity index is 1120. The Labute approximate surface area is 164 Å². The molecule has 1 N–H and O–H groups in total. The molecule has 0 unspecified atom stereocenters. The Morgan fingerprint density at radius 1 is 1.10 bits per heavy atom. The van der Waals surface area contributed by atoms with Crippen LogP contribution in [0.25, 0.3) is 5.69 Å². The quantitative estimate of drug-likeness (QED) is 0.706. The molecule has 0 spiro atoms. The first-order valence-corrected chi connectivity index (χ1v) is 8.88. The molecule has 29 heavy (non-hydrogen) atoms. The van der Waals surface area contributed by atoms with Crippen molar-refractivity contribution in [2.45, 2.75) is 26.4 Å². The Morgan fingerprint density at radius 3 is 2.52 bits per heavy atom. The van der Waals surface area contributed by atoms with E-state index in [4.69, 9.17) is 0 Å². The van der Waals surface area contributed by atoms with Crippen LogP contribution in [0.1, 0.15) is 34.2 Å². The molecule has 8 heteroatoms. The van der Waals surface area contributed by atoms with E-state index in [1.54, 1.807) is 12.1 Å². The van der Waals surface area contributed by atoms with Crippen LogP contribution in [0, 0.1) is 6.92 Å². The highest BCUT2D eigenvalue weighted by Crippen LogP contribution is 2.30. The maximum Gasteiger partial charge on any atom is 0.416 e. The first-order valence-electron chi connectivity index (χ1n) is 8.88. The van der Waals surface area contributed by atoms with E-state index in [-0.39, 0.29) is 5.69 Å². The van der Waals surface area contributed by atoms with E-state index < -0.39 is 28.8 Å². The number of hydrogen-bond acceptors (Lipinski definition) is 3. The van der Waals surface area contributed by atoms with Crippen molar-refractivity contribution in [3.63, 3.8) is 0 Å². The zero-order valence-electron chi connectivity index (χ0n) is 15.7. The van der Waals surface area contributed by atoms with Gasteiger partial charge in [0.25, 0.3) is 5.91 Å². The Hall–Kier alpha value is -3.42. The van der Waals surface area contributed by atoms with Crippen LogP contribution in [-0.2, 0) is 12.6 Å². The molecule has 0 bridgehead atoms. The number of nitrogens with one attached hydrogen (secondary N) is 1. The Kier molecular flexibility index (Phi) is 5.54. The second-order valence-corrected chi connectivity index (χ2v) is 6.42. The van der Waals surface area contributed by atoms with Gasteiger partial charge >= 0.3 is 6.18 Å². The van der Waals surface area contributed by atoms with Gasteiger partial charge in [-0.3, -0.25) is 9.59 Å². The number of carbonyl (C=O) groups excluding carboxylic acids is 1. The molecular weight excluding hydrogens is 383 g/mol. The summed E-state index contributed by atoms with van der Waals surface area (Å²) in [5.74, 6) is -0.725. The summed E-state index contributed by atoms with van der Waals surface area (Å²) in [6, 6.07) is 12.8. The van der Waals surface area contributed by atoms with Crippen molar-refractivity contribution in [3.05, 3.63) is 87.3 Å². The maximum absolute atomic E-state index is 13.0. The number of aromatic nitrogens is 2. The second kappa shape index (κ2) is 7.90. The van der Waals surface area contributed by atoms with Crippen LogP contribution >= 0.6 is 0 Å². The number of amides is 1. The van der Waals surface area contributed by atoms with Gasteiger partial charge in [0.15, 0.2) is 5.69 Å². The third-order valence-electron chi connectivity index (χ3n) is 4.39. The van der Waals surface area contributed by atoms with Crippen molar-refractivity contribution in [1.82, 2.24) is 9.78 Å². The van der Waals surface area contributed by atoms with Gasteiger partial charge in [-0.1, -0.05) is 31.2 Å². The van der Waals surface area contributed by atoms with Gasteiger partial charge in [0, 0.05) is 17.4 Å². The van der Waals surface area contributed by atoms with Crippen molar-refractivity contribution in [2.75, 3.05) is 5.32 Å². The van der Waals surface area contributed by atoms with Gasteiger partial charge in [0.05, 0.1) is 11.3 Å². The topological polar surface area (TPSA) is 64.0 Å². The fraction of sp³-hybridized carbons (Fsp3) is 0.190. The molecule has 5 nitrogen and oxygen atoms in total. The number of carbonyl (C=O) groups is 1. The number of para-hydroxylation sites is 1. The molecule has 3 rings (SSSR count). The fourth-order valence-corrected chi connectivity index (χ4v) is 2.91. The van der Waals surface area contributed by atoms with Gasteiger partial charge in [-0.15, -0.1) is 0 Å². The monoisotopic (exact) mass is 401 g/mol. The zero-order valence-corrected chi connectivity index (χ0v) is 15.7. The van der Waals surface area contributed by atoms with Crippen molar-refractivity contribution < 1.29 is 18.0 Å². The van der Waals surface area contributed by atoms with Crippen molar-refractivity contribution in [3.8, 4) is 5.69 Å². The first kappa shape index (κ1) is 20.3. The number of rotatable bonds is 4. The summed E-state index contributed by atoms with van der Waals surface area (Å²) in [5, 5.41) is 6.70. The molecule has 2 aromatic carbocycles. The van der Waals surface area contributed by atoms with Crippen LogP contribution in [0.4, 0.5) is 18.9 Å². The predicted octanol–water partition coefficient (Wildman–Crippen LogP) is 4.37. The number of anilines is 1. The number of hydrogen-bond donors (Lipinski definition) is 1. The normalized spacial score (nSPS) is 11.3. The largest absolute Gasteiger partial charge is 0.416 e. The van der Waals surface area contributed by atoms with Crippen molar-refractivity contribution in [2.24, 2.45) is 0 Å². The maximum atomic E-state index is 13.0. The highest BCUT2D eigenvalue weighted by atomic mass is 19.4. The summed E-state index contributed by atoms with van der Waals surface area (Å²) >= 11 is 0. The fourth-order valence-electron chi connectivity index (χ4n) is 2.91. The summed E-state index contributed by atoms with van der Waals surface area (Å²) in [5.41, 5.74) is -0.0346. The summed E-state index contributed by atoms with van der Waals surface area (Å²) in [4.78, 5) is 25.0. The average Bonchev–Trinajstić information content (AvgIpc) is 2.68. The number of nitrogens with zero attached hydrogens (tertiary/aromatic N) is 2. The summed E-state index contributed by atoms with van der Waals surface area (Å²) in [6.45, 7) is 3.46. The number of alkyl halides is 3. The van der Waals surface area contributed by atoms with Gasteiger partial charge < -0.3 is 5.32 Å². The zero-order chi connectivity index (χ0) is 21.2. The van der Waals surface area contributed by atoms with E-state index in [0.29, 0.717) is 17.8 Å². The van der Waals surface area contributed by atoms with Crippen LogP contribution in [-0.4, -0.2) is 15.7 Å². The summed E-state index contributed by atoms with van der Waals surface area (Å²) in [6.07, 6.45) is -3.85. The molecule has 0 saturated heterocycles. The Balaban J connectivity index is 2.02. The molecule has 0 atom stereocenters. The molecule has 150 valence electrons. The number of halogens is 3. The Morgan fingerprint density at radius 2 is 1.83 bits per heavy atom. The number of benzene rings is 2. The van der Waals surface area contributed by atoms with E-state index in [1.165, 1.54) is 25.1 Å². The minimum Gasteiger partial charge on any atom is -0.320 e. The smallest absolute Gasteiger partial charge is 0.320 e.